The summed E-state index contributed by atoms with van der Waals surface area (Å²) in [5.41, 5.74) is 2.30. The van der Waals surface area contributed by atoms with Gasteiger partial charge < -0.3 is 33.4 Å². The number of morpholine rings is 1. The summed E-state index contributed by atoms with van der Waals surface area (Å²) in [5.74, 6) is -2.05. The minimum absolute atomic E-state index is 0.00878. The van der Waals surface area contributed by atoms with Crippen LogP contribution in [0.3, 0.4) is 0 Å². The van der Waals surface area contributed by atoms with Crippen LogP contribution >= 0.6 is 0 Å². The van der Waals surface area contributed by atoms with Crippen LogP contribution in [-0.2, 0) is 24.5 Å². The number of cyclic esters (lactones) is 1. The second-order valence-electron chi connectivity index (χ2n) is 15.0. The van der Waals surface area contributed by atoms with Gasteiger partial charge in [0.25, 0.3) is 0 Å². The molecule has 2 aromatic carbocycles. The Morgan fingerprint density at radius 3 is 2.44 bits per heavy atom. The molecule has 0 radical (unpaired) electrons. The third-order valence-corrected chi connectivity index (χ3v) is 12.4. The average molecular weight is 736 g/mol. The van der Waals surface area contributed by atoms with E-state index in [-0.39, 0.29) is 54.2 Å². The van der Waals surface area contributed by atoms with Crippen molar-refractivity contribution in [2.24, 2.45) is 17.3 Å². The molecule has 2 aromatic heterocycles. The molecule has 0 spiro atoms. The van der Waals surface area contributed by atoms with Crippen molar-refractivity contribution < 1.29 is 47.7 Å². The normalized spacial score (nSPS) is 27.1. The molecule has 3 aliphatic carbocycles. The lowest BCUT2D eigenvalue weighted by atomic mass is 9.51. The lowest BCUT2D eigenvalue weighted by Gasteiger charge is -2.52. The quantitative estimate of drug-likeness (QED) is 0.259. The summed E-state index contributed by atoms with van der Waals surface area (Å²) in [6.07, 6.45) is 1.42. The Balaban J connectivity index is 0.000000160. The number of anilines is 1. The van der Waals surface area contributed by atoms with Crippen molar-refractivity contribution >= 4 is 40.2 Å². The van der Waals surface area contributed by atoms with Gasteiger partial charge in [0.2, 0.25) is 5.78 Å². The van der Waals surface area contributed by atoms with Crippen LogP contribution in [0.4, 0.5) is 5.88 Å². The highest BCUT2D eigenvalue weighted by molar-refractivity contribution is 6.15. The van der Waals surface area contributed by atoms with Gasteiger partial charge in [-0.3, -0.25) is 19.2 Å². The first-order chi connectivity index (χ1) is 26.0. The van der Waals surface area contributed by atoms with E-state index < -0.39 is 47.1 Å². The first-order valence-corrected chi connectivity index (χ1v) is 18.4. The van der Waals surface area contributed by atoms with Gasteiger partial charge in [-0.15, -0.1) is 0 Å². The molecule has 2 fully saturated rings. The SMILES string of the molecule is C[C@@]12C3=C(C(=O)c4occ(c41)C(=O)O[C@@H]2CCO)C1CCC(=O)[C@@]1(C)[C@@H](C(=O)CO)C3.O=c1cc(N2CCOCC2)oc2c(-c3ccccc3)cccc12. The van der Waals surface area contributed by atoms with Crippen molar-refractivity contribution in [1.29, 1.82) is 0 Å². The summed E-state index contributed by atoms with van der Waals surface area (Å²) in [4.78, 5) is 66.5. The average Bonchev–Trinajstić information content (AvgIpc) is 3.79. The van der Waals surface area contributed by atoms with E-state index in [0.29, 0.717) is 53.2 Å². The number of para-hydroxylation sites is 1. The fraction of sp³-hybridized carbons (Fsp3) is 0.405. The molecule has 54 heavy (non-hydrogen) atoms. The molecule has 5 atom stereocenters. The molecule has 9 rings (SSSR count). The zero-order chi connectivity index (χ0) is 37.9. The van der Waals surface area contributed by atoms with E-state index in [4.69, 9.17) is 18.3 Å². The van der Waals surface area contributed by atoms with Crippen molar-refractivity contribution in [3.05, 3.63) is 99.1 Å². The number of furan rings is 1. The molecule has 4 aromatic rings. The molecular weight excluding hydrogens is 694 g/mol. The third-order valence-electron chi connectivity index (χ3n) is 12.4. The van der Waals surface area contributed by atoms with E-state index in [2.05, 4.69) is 4.90 Å². The molecule has 1 unspecified atom stereocenters. The van der Waals surface area contributed by atoms with Crippen molar-refractivity contribution in [2.75, 3.05) is 44.4 Å². The molecule has 5 aliphatic rings. The van der Waals surface area contributed by atoms with E-state index in [1.807, 2.05) is 55.5 Å². The molecule has 280 valence electrons. The number of fused-ring (bicyclic) bond motifs is 4. The molecule has 1 saturated carbocycles. The number of carbonyl (C=O) groups is 4. The van der Waals surface area contributed by atoms with Crippen LogP contribution in [0.2, 0.25) is 0 Å². The van der Waals surface area contributed by atoms with Crippen LogP contribution in [0.25, 0.3) is 22.1 Å². The highest BCUT2D eigenvalue weighted by Gasteiger charge is 2.64. The molecule has 2 aliphatic heterocycles. The molecule has 0 amide bonds. The van der Waals surface area contributed by atoms with Crippen molar-refractivity contribution in [3.63, 3.8) is 0 Å². The number of allylic oxidation sites excluding steroid dienone is 1. The number of carbonyl (C=O) groups excluding carboxylic acids is 4. The number of esters is 1. The summed E-state index contributed by atoms with van der Waals surface area (Å²) in [6, 6.07) is 17.3. The number of aliphatic hydroxyl groups excluding tert-OH is 2. The zero-order valence-electron chi connectivity index (χ0n) is 30.1. The van der Waals surface area contributed by atoms with E-state index in [0.717, 1.165) is 24.2 Å². The zero-order valence-corrected chi connectivity index (χ0v) is 30.1. The molecule has 12 heteroatoms. The lowest BCUT2D eigenvalue weighted by molar-refractivity contribution is -0.140. The molecule has 12 nitrogen and oxygen atoms in total. The Morgan fingerprint density at radius 2 is 1.72 bits per heavy atom. The van der Waals surface area contributed by atoms with Gasteiger partial charge in [0, 0.05) is 72.6 Å². The molecule has 0 bridgehead atoms. The topological polar surface area (TPSA) is 174 Å². The van der Waals surface area contributed by atoms with Gasteiger partial charge >= 0.3 is 5.97 Å². The standard InChI is InChI=1S/C23H24O8.C19H17NO3/c1-22-11(3-4-15(22)27)17-13(7-12(22)14(26)8-25)23(2)16(5-6-24)31-21(29)10-9-30-20(18(10)23)19(17)28;21-17-13-18(20-9-11-22-12-10-20)23-19-15(7-4-8-16(17)19)14-5-2-1-3-6-14/h9,11-12,16,24-25H,3-8H2,1-2H3;1-8,13H,9-12H2/t11?,12-,16-,22-,23+;/m1./s1. The number of benzene rings is 2. The van der Waals surface area contributed by atoms with Gasteiger partial charge in [-0.25, -0.2) is 4.79 Å². The van der Waals surface area contributed by atoms with Crippen LogP contribution in [-0.4, -0.2) is 79.2 Å². The first-order valence-electron chi connectivity index (χ1n) is 18.4. The van der Waals surface area contributed by atoms with Gasteiger partial charge in [-0.2, -0.15) is 0 Å². The predicted molar refractivity (Wildman–Crippen MR) is 195 cm³/mol. The lowest BCUT2D eigenvalue weighted by Crippen LogP contribution is -2.55. The summed E-state index contributed by atoms with van der Waals surface area (Å²) < 4.78 is 22.8. The van der Waals surface area contributed by atoms with Gasteiger partial charge in [0.15, 0.2) is 22.9 Å². The predicted octanol–water partition coefficient (Wildman–Crippen LogP) is 4.81. The summed E-state index contributed by atoms with van der Waals surface area (Å²) >= 11 is 0. The molecular formula is C42H41NO11. The van der Waals surface area contributed by atoms with Crippen LogP contribution in [0.15, 0.2) is 85.6 Å². The maximum absolute atomic E-state index is 13.6. The van der Waals surface area contributed by atoms with Crippen LogP contribution in [0.5, 0.6) is 0 Å². The number of ether oxygens (including phenoxy) is 2. The van der Waals surface area contributed by atoms with E-state index in [9.17, 15) is 34.2 Å². The van der Waals surface area contributed by atoms with Gasteiger partial charge in [0.1, 0.15) is 35.9 Å². The summed E-state index contributed by atoms with van der Waals surface area (Å²) in [6.45, 7) is 5.43. The van der Waals surface area contributed by atoms with Gasteiger partial charge in [-0.1, -0.05) is 49.4 Å². The van der Waals surface area contributed by atoms with E-state index >= 15 is 0 Å². The second kappa shape index (κ2) is 13.6. The highest BCUT2D eigenvalue weighted by atomic mass is 16.5. The Labute approximate surface area is 310 Å². The smallest absolute Gasteiger partial charge is 0.342 e. The number of hydrogen-bond acceptors (Lipinski definition) is 12. The number of aliphatic hydroxyl groups is 2. The Bertz CT molecular complexity index is 2280. The minimum atomic E-state index is -1.07. The van der Waals surface area contributed by atoms with Crippen molar-refractivity contribution in [1.82, 2.24) is 0 Å². The van der Waals surface area contributed by atoms with Crippen LogP contribution in [0, 0.1) is 17.3 Å². The monoisotopic (exact) mass is 735 g/mol. The molecule has 2 N–H and O–H groups in total. The fourth-order valence-corrected chi connectivity index (χ4v) is 9.55. The number of nitrogens with zero attached hydrogens (tertiary/aromatic N) is 1. The third kappa shape index (κ3) is 5.33. The Kier molecular flexibility index (Phi) is 9.02. The number of hydrogen-bond donors (Lipinski definition) is 2. The van der Waals surface area contributed by atoms with E-state index in [1.165, 1.54) is 6.26 Å². The maximum Gasteiger partial charge on any atom is 0.342 e. The first kappa shape index (κ1) is 35.8. The Hall–Kier alpha value is -5.17. The van der Waals surface area contributed by atoms with E-state index in [1.54, 1.807) is 13.0 Å². The van der Waals surface area contributed by atoms with Gasteiger partial charge in [-0.05, 0) is 37.0 Å². The molecule has 4 heterocycles. The van der Waals surface area contributed by atoms with Crippen molar-refractivity contribution in [3.8, 4) is 11.1 Å². The summed E-state index contributed by atoms with van der Waals surface area (Å²) in [5, 5.41) is 19.9. The second-order valence-corrected chi connectivity index (χ2v) is 15.0. The fourth-order valence-electron chi connectivity index (χ4n) is 9.55. The van der Waals surface area contributed by atoms with Crippen LogP contribution in [0.1, 0.15) is 66.0 Å². The highest BCUT2D eigenvalue weighted by Crippen LogP contribution is 2.62. The van der Waals surface area contributed by atoms with Gasteiger partial charge in [0.05, 0.1) is 24.0 Å². The largest absolute Gasteiger partial charge is 0.460 e. The maximum atomic E-state index is 13.6. The Morgan fingerprint density at radius 1 is 0.963 bits per heavy atom. The van der Waals surface area contributed by atoms with Crippen molar-refractivity contribution in [2.45, 2.75) is 51.0 Å². The molecule has 1 saturated heterocycles. The number of ketones is 3. The number of Topliss-reactive ketones (excluding diaryl/α,β-unsaturated/α-hetero) is 3. The summed E-state index contributed by atoms with van der Waals surface area (Å²) in [7, 11) is 0. The number of rotatable bonds is 6. The van der Waals surface area contributed by atoms with Crippen LogP contribution < -0.4 is 10.3 Å². The minimum Gasteiger partial charge on any atom is -0.460 e.